The van der Waals surface area contributed by atoms with Crippen molar-refractivity contribution in [3.63, 3.8) is 0 Å². The molecule has 0 bridgehead atoms. The standard InChI is InChI=1S/C24H18N6O/c31-20-13-7-4-10-17(20)22-27-21(15-14-16-8-2-1-3-9-16)28-24(29-22)30-23-25-18-11-5-6-12-19(18)26-23/h1-15,31H,(H2,25,26,27,28,29,30)/b15-14+. The summed E-state index contributed by atoms with van der Waals surface area (Å²) in [6.45, 7) is 0. The number of aromatic amines is 1. The third-order valence-electron chi connectivity index (χ3n) is 4.64. The number of phenols is 1. The van der Waals surface area contributed by atoms with Crippen molar-refractivity contribution in [2.45, 2.75) is 0 Å². The second kappa shape index (κ2) is 8.08. The highest BCUT2D eigenvalue weighted by Gasteiger charge is 2.12. The molecule has 0 aliphatic heterocycles. The lowest BCUT2D eigenvalue weighted by Gasteiger charge is -2.07. The van der Waals surface area contributed by atoms with Crippen LogP contribution in [0.15, 0.2) is 78.9 Å². The summed E-state index contributed by atoms with van der Waals surface area (Å²) < 4.78 is 0. The zero-order valence-electron chi connectivity index (χ0n) is 16.4. The quantitative estimate of drug-likeness (QED) is 0.378. The molecule has 2 heterocycles. The third-order valence-corrected chi connectivity index (χ3v) is 4.64. The van der Waals surface area contributed by atoms with Crippen LogP contribution in [0.25, 0.3) is 34.6 Å². The van der Waals surface area contributed by atoms with Crippen LogP contribution < -0.4 is 5.32 Å². The maximum atomic E-state index is 10.3. The molecule has 150 valence electrons. The van der Waals surface area contributed by atoms with Crippen molar-refractivity contribution in [2.24, 2.45) is 0 Å². The molecule has 0 saturated heterocycles. The van der Waals surface area contributed by atoms with E-state index in [0.29, 0.717) is 29.1 Å². The second-order valence-electron chi connectivity index (χ2n) is 6.83. The number of aromatic hydroxyl groups is 1. The lowest BCUT2D eigenvalue weighted by atomic mass is 10.2. The summed E-state index contributed by atoms with van der Waals surface area (Å²) in [5.74, 6) is 1.75. The van der Waals surface area contributed by atoms with Crippen LogP contribution in [0.2, 0.25) is 0 Å². The highest BCUT2D eigenvalue weighted by Crippen LogP contribution is 2.27. The van der Waals surface area contributed by atoms with E-state index < -0.39 is 0 Å². The lowest BCUT2D eigenvalue weighted by molar-refractivity contribution is 0.477. The van der Waals surface area contributed by atoms with E-state index >= 15 is 0 Å². The van der Waals surface area contributed by atoms with Gasteiger partial charge in [0, 0.05) is 0 Å². The molecule has 0 fully saturated rings. The Morgan fingerprint density at radius 2 is 1.52 bits per heavy atom. The van der Waals surface area contributed by atoms with E-state index in [1.54, 1.807) is 18.2 Å². The average Bonchev–Trinajstić information content (AvgIpc) is 3.21. The van der Waals surface area contributed by atoms with Crippen LogP contribution in [0, 0.1) is 0 Å². The van der Waals surface area contributed by atoms with Crippen LogP contribution >= 0.6 is 0 Å². The number of para-hydroxylation sites is 3. The highest BCUT2D eigenvalue weighted by molar-refractivity contribution is 5.78. The topological polar surface area (TPSA) is 99.6 Å². The Hall–Kier alpha value is -4.52. The van der Waals surface area contributed by atoms with Gasteiger partial charge in [-0.25, -0.2) is 9.97 Å². The van der Waals surface area contributed by atoms with Gasteiger partial charge in [-0.1, -0.05) is 60.7 Å². The zero-order chi connectivity index (χ0) is 21.0. The molecule has 7 nitrogen and oxygen atoms in total. The van der Waals surface area contributed by atoms with E-state index in [9.17, 15) is 5.11 Å². The van der Waals surface area contributed by atoms with E-state index in [0.717, 1.165) is 16.6 Å². The Morgan fingerprint density at radius 3 is 2.35 bits per heavy atom. The van der Waals surface area contributed by atoms with Gasteiger partial charge >= 0.3 is 0 Å². The van der Waals surface area contributed by atoms with Crippen molar-refractivity contribution >= 4 is 35.1 Å². The molecule has 0 aliphatic carbocycles. The molecular weight excluding hydrogens is 388 g/mol. The fourth-order valence-corrected chi connectivity index (χ4v) is 3.16. The summed E-state index contributed by atoms with van der Waals surface area (Å²) in [4.78, 5) is 21.2. The first-order chi connectivity index (χ1) is 15.2. The van der Waals surface area contributed by atoms with Crippen molar-refractivity contribution in [3.8, 4) is 17.1 Å². The third kappa shape index (κ3) is 4.11. The van der Waals surface area contributed by atoms with E-state index in [1.807, 2.05) is 72.8 Å². The van der Waals surface area contributed by atoms with Gasteiger partial charge in [0.2, 0.25) is 11.9 Å². The molecular formula is C24H18N6O. The fraction of sp³-hybridized carbons (Fsp3) is 0. The maximum absolute atomic E-state index is 10.3. The molecule has 2 aromatic heterocycles. The van der Waals surface area contributed by atoms with Gasteiger partial charge in [0.05, 0.1) is 16.6 Å². The minimum absolute atomic E-state index is 0.0985. The predicted molar refractivity (Wildman–Crippen MR) is 122 cm³/mol. The Labute approximate surface area is 178 Å². The summed E-state index contributed by atoms with van der Waals surface area (Å²) in [7, 11) is 0. The SMILES string of the molecule is Oc1ccccc1-c1nc(/C=C/c2ccccc2)nc(Nc2nc3ccccc3[nH]2)n1. The zero-order valence-corrected chi connectivity index (χ0v) is 16.4. The Morgan fingerprint density at radius 1 is 0.742 bits per heavy atom. The number of H-pyrrole nitrogens is 1. The minimum Gasteiger partial charge on any atom is -0.507 e. The summed E-state index contributed by atoms with van der Waals surface area (Å²) >= 11 is 0. The predicted octanol–water partition coefficient (Wildman–Crippen LogP) is 5.03. The Bertz CT molecular complexity index is 1340. The van der Waals surface area contributed by atoms with Crippen LogP contribution in [0.3, 0.4) is 0 Å². The van der Waals surface area contributed by atoms with E-state index in [4.69, 9.17) is 0 Å². The molecule has 0 amide bonds. The minimum atomic E-state index is 0.0985. The van der Waals surface area contributed by atoms with Gasteiger partial charge < -0.3 is 10.1 Å². The van der Waals surface area contributed by atoms with Crippen LogP contribution in [0.5, 0.6) is 5.75 Å². The maximum Gasteiger partial charge on any atom is 0.233 e. The van der Waals surface area contributed by atoms with Crippen molar-refractivity contribution < 1.29 is 5.11 Å². The smallest absolute Gasteiger partial charge is 0.233 e. The van der Waals surface area contributed by atoms with Crippen LogP contribution in [0.1, 0.15) is 11.4 Å². The molecule has 31 heavy (non-hydrogen) atoms. The lowest BCUT2D eigenvalue weighted by Crippen LogP contribution is -2.04. The van der Waals surface area contributed by atoms with Gasteiger partial charge in [0.1, 0.15) is 5.75 Å². The van der Waals surface area contributed by atoms with Crippen molar-refractivity contribution in [1.82, 2.24) is 24.9 Å². The van der Waals surface area contributed by atoms with E-state index in [2.05, 4.69) is 30.2 Å². The molecule has 3 N–H and O–H groups in total. The number of hydrogen-bond acceptors (Lipinski definition) is 6. The summed E-state index contributed by atoms with van der Waals surface area (Å²) in [5.41, 5.74) is 3.29. The molecule has 0 aliphatic rings. The highest BCUT2D eigenvalue weighted by atomic mass is 16.3. The van der Waals surface area contributed by atoms with Crippen LogP contribution in [-0.2, 0) is 0 Å². The van der Waals surface area contributed by atoms with Gasteiger partial charge in [-0.3, -0.25) is 5.32 Å². The molecule has 0 radical (unpaired) electrons. The first-order valence-corrected chi connectivity index (χ1v) is 9.74. The van der Waals surface area contributed by atoms with Crippen LogP contribution in [-0.4, -0.2) is 30.0 Å². The van der Waals surface area contributed by atoms with Gasteiger partial charge in [0.15, 0.2) is 11.6 Å². The number of phenolic OH excluding ortho intramolecular Hbond substituents is 1. The molecule has 7 heteroatoms. The van der Waals surface area contributed by atoms with Gasteiger partial charge in [-0.05, 0) is 35.9 Å². The largest absolute Gasteiger partial charge is 0.507 e. The molecule has 3 aromatic carbocycles. The number of anilines is 2. The van der Waals surface area contributed by atoms with E-state index in [-0.39, 0.29) is 5.75 Å². The number of imidazole rings is 1. The number of nitrogens with zero attached hydrogens (tertiary/aromatic N) is 4. The van der Waals surface area contributed by atoms with Crippen molar-refractivity contribution in [2.75, 3.05) is 5.32 Å². The van der Waals surface area contributed by atoms with Crippen molar-refractivity contribution in [3.05, 3.63) is 90.3 Å². The molecule has 5 aromatic rings. The molecule has 0 spiro atoms. The summed E-state index contributed by atoms with van der Waals surface area (Å²) in [6.07, 6.45) is 3.74. The number of hydrogen-bond donors (Lipinski definition) is 3. The molecule has 0 unspecified atom stereocenters. The van der Waals surface area contributed by atoms with Crippen molar-refractivity contribution in [1.29, 1.82) is 0 Å². The van der Waals surface area contributed by atoms with Crippen LogP contribution in [0.4, 0.5) is 11.9 Å². The normalized spacial score (nSPS) is 11.2. The van der Waals surface area contributed by atoms with Gasteiger partial charge in [-0.15, -0.1) is 0 Å². The number of benzene rings is 3. The summed E-state index contributed by atoms with van der Waals surface area (Å²) in [6, 6.07) is 24.6. The molecule has 5 rings (SSSR count). The average molecular weight is 406 g/mol. The summed E-state index contributed by atoms with van der Waals surface area (Å²) in [5, 5.41) is 13.4. The Balaban J connectivity index is 1.55. The number of fused-ring (bicyclic) bond motifs is 1. The van der Waals surface area contributed by atoms with E-state index in [1.165, 1.54) is 0 Å². The number of nitrogens with one attached hydrogen (secondary N) is 2. The molecule has 0 saturated carbocycles. The number of rotatable bonds is 5. The first kappa shape index (κ1) is 18.5. The molecule has 0 atom stereocenters. The fourth-order valence-electron chi connectivity index (χ4n) is 3.16. The second-order valence-corrected chi connectivity index (χ2v) is 6.83. The van der Waals surface area contributed by atoms with Gasteiger partial charge in [0.25, 0.3) is 0 Å². The Kier molecular flexibility index (Phi) is 4.82. The monoisotopic (exact) mass is 406 g/mol. The van der Waals surface area contributed by atoms with Gasteiger partial charge in [-0.2, -0.15) is 9.97 Å². The number of aromatic nitrogens is 5. The first-order valence-electron chi connectivity index (χ1n) is 9.74.